The molecule has 2 aromatic carbocycles. The van der Waals surface area contributed by atoms with Gasteiger partial charge in [0.25, 0.3) is 0 Å². The first-order valence-corrected chi connectivity index (χ1v) is 7.46. The van der Waals surface area contributed by atoms with Gasteiger partial charge in [-0.2, -0.15) is 13.2 Å². The number of ether oxygens (including phenoxy) is 1. The van der Waals surface area contributed by atoms with Gasteiger partial charge in [0.05, 0.1) is 12.0 Å². The first kappa shape index (κ1) is 16.2. The molecule has 0 aliphatic rings. The van der Waals surface area contributed by atoms with Gasteiger partial charge >= 0.3 is 6.18 Å². The Morgan fingerprint density at radius 2 is 1.59 bits per heavy atom. The molecule has 0 atom stereocenters. The van der Waals surface area contributed by atoms with Gasteiger partial charge in [-0.3, -0.25) is 0 Å². The van der Waals surface area contributed by atoms with Crippen LogP contribution in [0, 0.1) is 0 Å². The molecule has 0 aliphatic carbocycles. The summed E-state index contributed by atoms with van der Waals surface area (Å²) < 4.78 is 71.0. The van der Waals surface area contributed by atoms with E-state index in [4.69, 9.17) is 4.74 Å². The summed E-state index contributed by atoms with van der Waals surface area (Å²) in [6, 6.07) is 9.45. The van der Waals surface area contributed by atoms with Crippen LogP contribution < -0.4 is 4.74 Å². The number of nitrogens with zero attached hydrogens (tertiary/aromatic N) is 1. The van der Waals surface area contributed by atoms with Crippen LogP contribution in [-0.2, 0) is 16.2 Å². The molecule has 0 radical (unpaired) electrons. The van der Waals surface area contributed by atoms with E-state index in [2.05, 4.69) is 4.72 Å². The van der Waals surface area contributed by atoms with Gasteiger partial charge in [0.1, 0.15) is 15.8 Å². The van der Waals surface area contributed by atoms with Crippen LogP contribution in [0.15, 0.2) is 53.4 Å². The minimum absolute atomic E-state index is 0.217. The molecule has 0 aliphatic heterocycles. The highest BCUT2D eigenvalue weighted by Crippen LogP contribution is 2.40. The molecular formula is C14H11F3NO3S-. The van der Waals surface area contributed by atoms with Gasteiger partial charge in [0, 0.05) is 5.56 Å². The summed E-state index contributed by atoms with van der Waals surface area (Å²) in [4.78, 5) is -0.217. The summed E-state index contributed by atoms with van der Waals surface area (Å²) in [5, 5.41) is 0. The highest BCUT2D eigenvalue weighted by Gasteiger charge is 2.31. The summed E-state index contributed by atoms with van der Waals surface area (Å²) in [6.07, 6.45) is -4.68. The zero-order chi connectivity index (χ0) is 16.4. The lowest BCUT2D eigenvalue weighted by atomic mass is 10.2. The maximum atomic E-state index is 12.9. The smallest absolute Gasteiger partial charge is 0.415 e. The molecule has 0 amide bonds. The number of hydrogen-bond donors (Lipinski definition) is 0. The van der Waals surface area contributed by atoms with Crippen LogP contribution in [0.2, 0.25) is 0 Å². The minimum Gasteiger partial charge on any atom is -0.572 e. The van der Waals surface area contributed by atoms with E-state index in [0.717, 1.165) is 12.1 Å². The normalized spacial score (nSPS) is 12.0. The number of halogens is 3. The molecule has 8 heteroatoms. The van der Waals surface area contributed by atoms with Crippen molar-refractivity contribution in [3.8, 4) is 5.75 Å². The predicted molar refractivity (Wildman–Crippen MR) is 74.6 cm³/mol. The van der Waals surface area contributed by atoms with Crippen LogP contribution in [0.1, 0.15) is 5.56 Å². The van der Waals surface area contributed by atoms with E-state index in [1.54, 1.807) is 0 Å². The average molecular weight is 330 g/mol. The summed E-state index contributed by atoms with van der Waals surface area (Å²) in [7, 11) is -2.84. The fraction of sp³-hybridized carbons (Fsp3) is 0.143. The second-order valence-electron chi connectivity index (χ2n) is 4.26. The van der Waals surface area contributed by atoms with E-state index in [1.807, 2.05) is 0 Å². The van der Waals surface area contributed by atoms with E-state index < -0.39 is 27.5 Å². The van der Waals surface area contributed by atoms with E-state index in [1.165, 1.54) is 43.5 Å². The second-order valence-corrected chi connectivity index (χ2v) is 5.86. The standard InChI is InChI=1S/C14H11F3NO3S/c1-21-10-6-8-11(9-7-10)22(19,20)18-13-5-3-2-4-12(13)14(15,16)17/h2-9H,1H3/q-1. The lowest BCUT2D eigenvalue weighted by molar-refractivity contribution is -0.136. The van der Waals surface area contributed by atoms with Gasteiger partial charge in [0.2, 0.25) is 0 Å². The van der Waals surface area contributed by atoms with Crippen molar-refractivity contribution in [1.82, 2.24) is 0 Å². The Morgan fingerprint density at radius 3 is 2.14 bits per heavy atom. The molecule has 2 aromatic rings. The lowest BCUT2D eigenvalue weighted by Crippen LogP contribution is -2.07. The van der Waals surface area contributed by atoms with Crippen molar-refractivity contribution in [3.63, 3.8) is 0 Å². The highest BCUT2D eigenvalue weighted by molar-refractivity contribution is 7.94. The number of methoxy groups -OCH3 is 1. The topological polar surface area (TPSA) is 57.5 Å². The highest BCUT2D eigenvalue weighted by atomic mass is 32.2. The quantitative estimate of drug-likeness (QED) is 0.848. The summed E-state index contributed by atoms with van der Waals surface area (Å²) in [5.74, 6) is 0.426. The Balaban J connectivity index is 2.37. The summed E-state index contributed by atoms with van der Waals surface area (Å²) >= 11 is 0. The SMILES string of the molecule is COc1ccc(S(=O)(=O)[N-]c2ccccc2C(F)(F)F)cc1. The summed E-state index contributed by atoms with van der Waals surface area (Å²) in [6.45, 7) is 0. The molecular weight excluding hydrogens is 319 g/mol. The van der Waals surface area contributed by atoms with Gasteiger partial charge in [-0.1, -0.05) is 24.3 Å². The minimum atomic E-state index is -4.68. The predicted octanol–water partition coefficient (Wildman–Crippen LogP) is 4.11. The van der Waals surface area contributed by atoms with Gasteiger partial charge in [0.15, 0.2) is 0 Å². The Bertz CT molecular complexity index is 756. The molecule has 4 nitrogen and oxygen atoms in total. The maximum absolute atomic E-state index is 12.9. The van der Waals surface area contributed by atoms with E-state index >= 15 is 0 Å². The molecule has 0 saturated heterocycles. The van der Waals surface area contributed by atoms with Gasteiger partial charge in [-0.25, -0.2) is 8.42 Å². The Hall–Kier alpha value is -2.22. The number of alkyl halides is 3. The molecule has 22 heavy (non-hydrogen) atoms. The fourth-order valence-corrected chi connectivity index (χ4v) is 2.73. The van der Waals surface area contributed by atoms with Crippen LogP contribution in [0.25, 0.3) is 4.72 Å². The third-order valence-corrected chi connectivity index (χ3v) is 4.09. The number of rotatable bonds is 4. The zero-order valence-electron chi connectivity index (χ0n) is 11.3. The molecule has 0 N–H and O–H groups in total. The second kappa shape index (κ2) is 5.88. The first-order chi connectivity index (χ1) is 10.2. The fourth-order valence-electron chi connectivity index (χ4n) is 1.72. The first-order valence-electron chi connectivity index (χ1n) is 6.02. The van der Waals surface area contributed by atoms with Crippen molar-refractivity contribution >= 4 is 15.7 Å². The number of hydrogen-bond acceptors (Lipinski definition) is 3. The third kappa shape index (κ3) is 3.51. The van der Waals surface area contributed by atoms with Gasteiger partial charge in [-0.15, -0.1) is 5.69 Å². The monoisotopic (exact) mass is 330 g/mol. The van der Waals surface area contributed by atoms with Crippen molar-refractivity contribution in [2.45, 2.75) is 11.1 Å². The average Bonchev–Trinajstić information content (AvgIpc) is 2.46. The maximum Gasteiger partial charge on any atom is 0.415 e. The van der Waals surface area contributed by atoms with E-state index in [9.17, 15) is 21.6 Å². The van der Waals surface area contributed by atoms with Crippen molar-refractivity contribution in [2.75, 3.05) is 7.11 Å². The molecule has 0 heterocycles. The van der Waals surface area contributed by atoms with Crippen molar-refractivity contribution < 1.29 is 26.3 Å². The van der Waals surface area contributed by atoms with E-state index in [-0.39, 0.29) is 4.90 Å². The summed E-state index contributed by atoms with van der Waals surface area (Å²) in [5.41, 5.74) is -1.75. The molecule has 0 saturated carbocycles. The zero-order valence-corrected chi connectivity index (χ0v) is 12.1. The Morgan fingerprint density at radius 1 is 1.00 bits per heavy atom. The molecule has 0 spiro atoms. The van der Waals surface area contributed by atoms with E-state index in [0.29, 0.717) is 5.75 Å². The third-order valence-electron chi connectivity index (χ3n) is 2.79. The van der Waals surface area contributed by atoms with Crippen molar-refractivity contribution in [1.29, 1.82) is 0 Å². The lowest BCUT2D eigenvalue weighted by Gasteiger charge is -2.25. The molecule has 0 unspecified atom stereocenters. The van der Waals surface area contributed by atoms with Crippen molar-refractivity contribution in [2.24, 2.45) is 0 Å². The molecule has 2 rings (SSSR count). The number of benzene rings is 2. The van der Waals surface area contributed by atoms with Gasteiger partial charge in [-0.05, 0) is 24.3 Å². The molecule has 0 aromatic heterocycles. The van der Waals surface area contributed by atoms with Crippen molar-refractivity contribution in [3.05, 3.63) is 58.8 Å². The molecule has 118 valence electrons. The molecule has 0 bridgehead atoms. The van der Waals surface area contributed by atoms with Crippen LogP contribution in [0.5, 0.6) is 5.75 Å². The van der Waals surface area contributed by atoms with Crippen LogP contribution in [0.4, 0.5) is 18.9 Å². The number of sulfonamides is 1. The Kier molecular flexibility index (Phi) is 4.32. The largest absolute Gasteiger partial charge is 0.572 e. The van der Waals surface area contributed by atoms with Crippen LogP contribution in [0.3, 0.4) is 0 Å². The van der Waals surface area contributed by atoms with Crippen LogP contribution in [-0.4, -0.2) is 15.5 Å². The van der Waals surface area contributed by atoms with Crippen LogP contribution >= 0.6 is 0 Å². The van der Waals surface area contributed by atoms with Gasteiger partial charge < -0.3 is 9.46 Å². The molecule has 0 fully saturated rings. The Labute approximate surface area is 125 Å².